The maximum Gasteiger partial charge on any atom is 0.327 e. The molecule has 156 valence electrons. The summed E-state index contributed by atoms with van der Waals surface area (Å²) in [6.45, 7) is 11.6. The third kappa shape index (κ3) is 4.69. The highest BCUT2D eigenvalue weighted by molar-refractivity contribution is 5.81. The van der Waals surface area contributed by atoms with Crippen molar-refractivity contribution in [3.63, 3.8) is 0 Å². The molecule has 1 aliphatic carbocycles. The minimum Gasteiger partial charge on any atom is -0.465 e. The summed E-state index contributed by atoms with van der Waals surface area (Å²) in [5.41, 5.74) is 6.17. The van der Waals surface area contributed by atoms with Gasteiger partial charge in [0.25, 0.3) is 0 Å². The molecule has 2 aromatic rings. The Hall–Kier alpha value is -2.63. The lowest BCUT2D eigenvalue weighted by molar-refractivity contribution is -0.144. The van der Waals surface area contributed by atoms with E-state index in [0.29, 0.717) is 19.7 Å². The van der Waals surface area contributed by atoms with Crippen LogP contribution in [0.1, 0.15) is 49.2 Å². The Morgan fingerprint density at radius 1 is 1.21 bits per heavy atom. The van der Waals surface area contributed by atoms with E-state index in [1.165, 1.54) is 0 Å². The molecule has 0 N–H and O–H groups in total. The van der Waals surface area contributed by atoms with Gasteiger partial charge in [0, 0.05) is 30.3 Å². The van der Waals surface area contributed by atoms with E-state index in [9.17, 15) is 9.59 Å². The van der Waals surface area contributed by atoms with Gasteiger partial charge < -0.3 is 9.64 Å². The van der Waals surface area contributed by atoms with E-state index in [0.717, 1.165) is 46.5 Å². The minimum absolute atomic E-state index is 0.100. The van der Waals surface area contributed by atoms with Crippen LogP contribution in [0.2, 0.25) is 0 Å². The first-order valence-electron chi connectivity index (χ1n) is 10.4. The third-order valence-electron chi connectivity index (χ3n) is 5.48. The van der Waals surface area contributed by atoms with Crippen LogP contribution in [0.5, 0.6) is 0 Å². The highest BCUT2D eigenvalue weighted by Gasteiger charge is 2.33. The zero-order valence-corrected chi connectivity index (χ0v) is 18.1. The number of aryl methyl sites for hydroxylation is 2. The van der Waals surface area contributed by atoms with Crippen molar-refractivity contribution in [2.45, 2.75) is 60.5 Å². The van der Waals surface area contributed by atoms with Gasteiger partial charge in [-0.3, -0.25) is 14.3 Å². The zero-order chi connectivity index (χ0) is 21.1. The number of rotatable bonds is 8. The lowest BCUT2D eigenvalue weighted by Crippen LogP contribution is -2.31. The summed E-state index contributed by atoms with van der Waals surface area (Å²) in [6.07, 6.45) is 2.02. The number of benzene rings is 1. The molecule has 0 spiro atoms. The van der Waals surface area contributed by atoms with Gasteiger partial charge in [-0.2, -0.15) is 5.10 Å². The van der Waals surface area contributed by atoms with Crippen molar-refractivity contribution < 1.29 is 14.3 Å². The van der Waals surface area contributed by atoms with Gasteiger partial charge in [0.15, 0.2) is 0 Å². The van der Waals surface area contributed by atoms with Crippen molar-refractivity contribution in [1.29, 1.82) is 0 Å². The van der Waals surface area contributed by atoms with E-state index in [-0.39, 0.29) is 24.3 Å². The molecule has 0 atom stereocenters. The molecule has 3 rings (SSSR count). The molecule has 0 unspecified atom stereocenters. The van der Waals surface area contributed by atoms with Crippen molar-refractivity contribution in [1.82, 2.24) is 14.7 Å². The summed E-state index contributed by atoms with van der Waals surface area (Å²) in [5.74, 6) is 0.173. The van der Waals surface area contributed by atoms with Crippen LogP contribution < -0.4 is 0 Å². The summed E-state index contributed by atoms with van der Waals surface area (Å²) in [7, 11) is 0. The number of amides is 1. The lowest BCUT2D eigenvalue weighted by Gasteiger charge is -2.23. The molecule has 1 aromatic heterocycles. The topological polar surface area (TPSA) is 64.4 Å². The first kappa shape index (κ1) is 21.1. The van der Waals surface area contributed by atoms with E-state index in [1.54, 1.807) is 11.6 Å². The van der Waals surface area contributed by atoms with Crippen LogP contribution in [0, 0.1) is 26.7 Å². The molecule has 1 aromatic carbocycles. The van der Waals surface area contributed by atoms with Gasteiger partial charge in [-0.05, 0) is 58.6 Å². The smallest absolute Gasteiger partial charge is 0.327 e. The van der Waals surface area contributed by atoms with Gasteiger partial charge in [-0.25, -0.2) is 0 Å². The highest BCUT2D eigenvalue weighted by atomic mass is 16.5. The Bertz CT molecular complexity index is 912. The monoisotopic (exact) mass is 397 g/mol. The second-order valence-electron chi connectivity index (χ2n) is 7.80. The van der Waals surface area contributed by atoms with Gasteiger partial charge in [-0.15, -0.1) is 0 Å². The van der Waals surface area contributed by atoms with E-state index >= 15 is 0 Å². The van der Waals surface area contributed by atoms with Crippen molar-refractivity contribution in [3.8, 4) is 11.1 Å². The molecule has 29 heavy (non-hydrogen) atoms. The predicted octanol–water partition coefficient (Wildman–Crippen LogP) is 3.80. The van der Waals surface area contributed by atoms with Gasteiger partial charge in [0.05, 0.1) is 12.3 Å². The Morgan fingerprint density at radius 3 is 2.55 bits per heavy atom. The number of carbonyl (C=O) groups excluding carboxylic acids is 2. The first-order chi connectivity index (χ1) is 13.8. The Morgan fingerprint density at radius 2 is 1.93 bits per heavy atom. The van der Waals surface area contributed by atoms with Crippen molar-refractivity contribution in [2.75, 3.05) is 13.2 Å². The summed E-state index contributed by atoms with van der Waals surface area (Å²) in [4.78, 5) is 26.5. The minimum atomic E-state index is -0.291. The van der Waals surface area contributed by atoms with Gasteiger partial charge in [0.2, 0.25) is 5.91 Å². The number of esters is 1. The molecule has 0 saturated heterocycles. The van der Waals surface area contributed by atoms with E-state index < -0.39 is 0 Å². The second-order valence-corrected chi connectivity index (χ2v) is 7.80. The van der Waals surface area contributed by atoms with Crippen molar-refractivity contribution >= 4 is 11.9 Å². The molecule has 0 radical (unpaired) electrons. The van der Waals surface area contributed by atoms with Crippen LogP contribution in [-0.2, 0) is 27.4 Å². The number of carbonyl (C=O) groups is 2. The molecule has 1 aliphatic rings. The highest BCUT2D eigenvalue weighted by Crippen LogP contribution is 2.34. The normalized spacial score (nSPS) is 13.4. The fraction of sp³-hybridized carbons (Fsp3) is 0.522. The summed E-state index contributed by atoms with van der Waals surface area (Å²) in [5, 5.41) is 4.58. The number of nitrogens with zero attached hydrogens (tertiary/aromatic N) is 3. The van der Waals surface area contributed by atoms with Crippen LogP contribution in [0.4, 0.5) is 0 Å². The average molecular weight is 398 g/mol. The van der Waals surface area contributed by atoms with Crippen LogP contribution in [0.25, 0.3) is 11.1 Å². The number of ether oxygens (including phenoxy) is 1. The van der Waals surface area contributed by atoms with E-state index in [1.807, 2.05) is 25.7 Å². The van der Waals surface area contributed by atoms with Crippen LogP contribution >= 0.6 is 0 Å². The van der Waals surface area contributed by atoms with Gasteiger partial charge in [0.1, 0.15) is 6.54 Å². The fourth-order valence-electron chi connectivity index (χ4n) is 3.81. The standard InChI is InChI=1S/C23H31N3O3/c1-6-25(23(28)18-9-10-18)13-19-12-15(3)8-11-20(19)22-16(4)24-26(17(22)5)14-21(27)29-7-2/h8,11-12,18H,6-7,9-10,13-14H2,1-5H3. The van der Waals surface area contributed by atoms with E-state index in [4.69, 9.17) is 4.74 Å². The molecule has 6 heteroatoms. The SMILES string of the molecule is CCOC(=O)Cn1nc(C)c(-c2ccc(C)cc2CN(CC)C(=O)C2CC2)c1C. The number of hydrogen-bond donors (Lipinski definition) is 0. The quantitative estimate of drug-likeness (QED) is 0.636. The maximum absolute atomic E-state index is 12.7. The maximum atomic E-state index is 12.7. The fourth-order valence-corrected chi connectivity index (χ4v) is 3.81. The molecule has 1 amide bonds. The van der Waals surface area contributed by atoms with Crippen LogP contribution in [-0.4, -0.2) is 39.7 Å². The summed E-state index contributed by atoms with van der Waals surface area (Å²) in [6, 6.07) is 6.34. The molecule has 0 bridgehead atoms. The molecular formula is C23H31N3O3. The van der Waals surface area contributed by atoms with Crippen LogP contribution in [0.3, 0.4) is 0 Å². The molecule has 0 aliphatic heterocycles. The number of hydrogen-bond acceptors (Lipinski definition) is 4. The van der Waals surface area contributed by atoms with Crippen LogP contribution in [0.15, 0.2) is 18.2 Å². The molecule has 1 heterocycles. The summed E-state index contributed by atoms with van der Waals surface area (Å²) < 4.78 is 6.78. The van der Waals surface area contributed by atoms with Gasteiger partial charge >= 0.3 is 5.97 Å². The van der Waals surface area contributed by atoms with E-state index in [2.05, 4.69) is 30.2 Å². The van der Waals surface area contributed by atoms with Crippen molar-refractivity contribution in [2.24, 2.45) is 5.92 Å². The van der Waals surface area contributed by atoms with Gasteiger partial charge in [-0.1, -0.05) is 23.8 Å². The van der Waals surface area contributed by atoms with Crippen molar-refractivity contribution in [3.05, 3.63) is 40.7 Å². The Kier molecular flexibility index (Phi) is 6.40. The second kappa shape index (κ2) is 8.80. The Balaban J connectivity index is 1.95. The predicted molar refractivity (Wildman–Crippen MR) is 112 cm³/mol. The first-order valence-corrected chi connectivity index (χ1v) is 10.4. The molecular weight excluding hydrogens is 366 g/mol. The molecule has 1 fully saturated rings. The Labute approximate surface area is 172 Å². The average Bonchev–Trinajstić information content (AvgIpc) is 3.48. The third-order valence-corrected chi connectivity index (χ3v) is 5.48. The molecule has 6 nitrogen and oxygen atoms in total. The number of aromatic nitrogens is 2. The summed E-state index contributed by atoms with van der Waals surface area (Å²) >= 11 is 0. The largest absolute Gasteiger partial charge is 0.465 e. The molecule has 1 saturated carbocycles. The zero-order valence-electron chi connectivity index (χ0n) is 18.1. The lowest BCUT2D eigenvalue weighted by atomic mass is 9.96.